The lowest BCUT2D eigenvalue weighted by atomic mass is 10.1. The first-order chi connectivity index (χ1) is 12.6. The van der Waals surface area contributed by atoms with Crippen LogP contribution in [-0.4, -0.2) is 15.8 Å². The molecule has 2 aromatic carbocycles. The number of nitrogens with one attached hydrogen (secondary N) is 1. The molecular formula is C17H11Cl2F3N4O. The van der Waals surface area contributed by atoms with Crippen molar-refractivity contribution in [1.29, 1.82) is 0 Å². The zero-order valence-corrected chi connectivity index (χ0v) is 14.9. The van der Waals surface area contributed by atoms with Crippen LogP contribution in [0.15, 0.2) is 48.5 Å². The predicted octanol–water partition coefficient (Wildman–Crippen LogP) is 5.36. The van der Waals surface area contributed by atoms with Crippen molar-refractivity contribution in [3.05, 3.63) is 64.3 Å². The molecule has 0 bridgehead atoms. The van der Waals surface area contributed by atoms with E-state index in [1.54, 1.807) is 6.07 Å². The highest BCUT2D eigenvalue weighted by molar-refractivity contribution is 6.42. The SMILES string of the molecule is NC(=O)Nc1ccc(-n2nc(C(F)(F)F)cc2-c2ccc(Cl)c(Cl)c2)cc1. The molecule has 0 saturated carbocycles. The summed E-state index contributed by atoms with van der Waals surface area (Å²) in [7, 11) is 0. The monoisotopic (exact) mass is 414 g/mol. The summed E-state index contributed by atoms with van der Waals surface area (Å²) in [6, 6.07) is 10.7. The number of hydrogen-bond donors (Lipinski definition) is 2. The van der Waals surface area contributed by atoms with Crippen molar-refractivity contribution in [3.8, 4) is 16.9 Å². The second kappa shape index (κ2) is 7.13. The molecule has 1 aromatic heterocycles. The van der Waals surface area contributed by atoms with Gasteiger partial charge in [-0.2, -0.15) is 18.3 Å². The van der Waals surface area contributed by atoms with E-state index in [1.165, 1.54) is 36.4 Å². The molecule has 2 amide bonds. The van der Waals surface area contributed by atoms with E-state index in [0.29, 0.717) is 16.9 Å². The van der Waals surface area contributed by atoms with Gasteiger partial charge in [-0.3, -0.25) is 0 Å². The Bertz CT molecular complexity index is 1000. The van der Waals surface area contributed by atoms with E-state index in [4.69, 9.17) is 28.9 Å². The second-order valence-electron chi connectivity index (χ2n) is 5.49. The van der Waals surface area contributed by atoms with Crippen LogP contribution in [0.4, 0.5) is 23.7 Å². The predicted molar refractivity (Wildman–Crippen MR) is 97.2 cm³/mol. The number of halogens is 5. The molecule has 140 valence electrons. The number of anilines is 1. The van der Waals surface area contributed by atoms with Crippen LogP contribution in [0.25, 0.3) is 16.9 Å². The van der Waals surface area contributed by atoms with E-state index in [-0.39, 0.29) is 15.7 Å². The quantitative estimate of drug-likeness (QED) is 0.605. The first kappa shape index (κ1) is 19.1. The molecule has 5 nitrogen and oxygen atoms in total. The largest absolute Gasteiger partial charge is 0.435 e. The Morgan fingerprint density at radius 1 is 1.04 bits per heavy atom. The number of carbonyl (C=O) groups is 1. The Hall–Kier alpha value is -2.71. The zero-order chi connectivity index (χ0) is 19.8. The number of aromatic nitrogens is 2. The fraction of sp³-hybridized carbons (Fsp3) is 0.0588. The molecule has 0 fully saturated rings. The normalized spacial score (nSPS) is 11.4. The molecule has 0 radical (unpaired) electrons. The van der Waals surface area contributed by atoms with Gasteiger partial charge in [0.25, 0.3) is 0 Å². The van der Waals surface area contributed by atoms with Crippen molar-refractivity contribution in [2.75, 3.05) is 5.32 Å². The smallest absolute Gasteiger partial charge is 0.351 e. The van der Waals surface area contributed by atoms with Gasteiger partial charge in [0.05, 0.1) is 21.4 Å². The van der Waals surface area contributed by atoms with Gasteiger partial charge in [-0.05, 0) is 42.5 Å². The first-order valence-electron chi connectivity index (χ1n) is 7.45. The van der Waals surface area contributed by atoms with Crippen LogP contribution < -0.4 is 11.1 Å². The summed E-state index contributed by atoms with van der Waals surface area (Å²) in [5, 5.41) is 6.53. The average molecular weight is 415 g/mol. The molecule has 3 aromatic rings. The van der Waals surface area contributed by atoms with Crippen molar-refractivity contribution in [1.82, 2.24) is 9.78 Å². The molecule has 3 N–H and O–H groups in total. The molecule has 0 saturated heterocycles. The van der Waals surface area contributed by atoms with Crippen molar-refractivity contribution in [2.24, 2.45) is 5.73 Å². The van der Waals surface area contributed by atoms with Crippen LogP contribution in [0, 0.1) is 0 Å². The molecule has 10 heteroatoms. The van der Waals surface area contributed by atoms with Gasteiger partial charge in [0.15, 0.2) is 5.69 Å². The number of hydrogen-bond acceptors (Lipinski definition) is 2. The van der Waals surface area contributed by atoms with E-state index in [2.05, 4.69) is 10.4 Å². The number of rotatable bonds is 3. The highest BCUT2D eigenvalue weighted by Gasteiger charge is 2.35. The number of benzene rings is 2. The van der Waals surface area contributed by atoms with Gasteiger partial charge < -0.3 is 11.1 Å². The molecule has 27 heavy (non-hydrogen) atoms. The lowest BCUT2D eigenvalue weighted by Crippen LogP contribution is -2.19. The van der Waals surface area contributed by atoms with Gasteiger partial charge in [0.2, 0.25) is 0 Å². The zero-order valence-electron chi connectivity index (χ0n) is 13.4. The summed E-state index contributed by atoms with van der Waals surface area (Å²) >= 11 is 11.9. The number of carbonyl (C=O) groups excluding carboxylic acids is 1. The molecule has 0 unspecified atom stereocenters. The Balaban J connectivity index is 2.11. The third-order valence-electron chi connectivity index (χ3n) is 3.59. The maximum atomic E-state index is 13.2. The summed E-state index contributed by atoms with van der Waals surface area (Å²) in [6.07, 6.45) is -4.62. The minimum Gasteiger partial charge on any atom is -0.351 e. The lowest BCUT2D eigenvalue weighted by molar-refractivity contribution is -0.141. The number of nitrogens with two attached hydrogens (primary N) is 1. The molecule has 0 spiro atoms. The fourth-order valence-electron chi connectivity index (χ4n) is 2.41. The third kappa shape index (κ3) is 4.17. The third-order valence-corrected chi connectivity index (χ3v) is 4.33. The Labute approximate surface area is 161 Å². The summed E-state index contributed by atoms with van der Waals surface area (Å²) in [5.74, 6) is 0. The fourth-order valence-corrected chi connectivity index (χ4v) is 2.70. The van der Waals surface area contributed by atoms with Crippen LogP contribution >= 0.6 is 23.2 Å². The highest BCUT2D eigenvalue weighted by Crippen LogP contribution is 2.35. The summed E-state index contributed by atoms with van der Waals surface area (Å²) in [5.41, 5.74) is 5.31. The van der Waals surface area contributed by atoms with E-state index in [1.807, 2.05) is 0 Å². The van der Waals surface area contributed by atoms with Crippen molar-refractivity contribution >= 4 is 34.9 Å². The molecule has 0 aliphatic rings. The molecule has 0 atom stereocenters. The van der Waals surface area contributed by atoms with E-state index < -0.39 is 17.9 Å². The van der Waals surface area contributed by atoms with Gasteiger partial charge in [-0.25, -0.2) is 9.48 Å². The van der Waals surface area contributed by atoms with Crippen molar-refractivity contribution < 1.29 is 18.0 Å². The van der Waals surface area contributed by atoms with Gasteiger partial charge in [0, 0.05) is 11.3 Å². The Kier molecular flexibility index (Phi) is 5.03. The summed E-state index contributed by atoms with van der Waals surface area (Å²) in [6.45, 7) is 0. The standard InChI is InChI=1S/C17H11Cl2F3N4O/c18-12-6-1-9(7-13(12)19)14-8-15(17(20,21)22)25-26(14)11-4-2-10(3-5-11)24-16(23)27/h1-8H,(H3,23,24,27). The topological polar surface area (TPSA) is 72.9 Å². The molecule has 0 aliphatic carbocycles. The van der Waals surface area contributed by atoms with Crippen LogP contribution in [0.3, 0.4) is 0 Å². The maximum absolute atomic E-state index is 13.2. The van der Waals surface area contributed by atoms with Gasteiger partial charge in [-0.1, -0.05) is 29.3 Å². The molecule has 3 rings (SSSR count). The summed E-state index contributed by atoms with van der Waals surface area (Å²) in [4.78, 5) is 10.9. The van der Waals surface area contributed by atoms with E-state index in [0.717, 1.165) is 10.7 Å². The van der Waals surface area contributed by atoms with Crippen LogP contribution in [-0.2, 0) is 6.18 Å². The Morgan fingerprint density at radius 3 is 2.26 bits per heavy atom. The lowest BCUT2D eigenvalue weighted by Gasteiger charge is -2.09. The van der Waals surface area contributed by atoms with E-state index in [9.17, 15) is 18.0 Å². The van der Waals surface area contributed by atoms with Crippen LogP contribution in [0.5, 0.6) is 0 Å². The van der Waals surface area contributed by atoms with Gasteiger partial charge >= 0.3 is 12.2 Å². The second-order valence-corrected chi connectivity index (χ2v) is 6.30. The molecule has 1 heterocycles. The Morgan fingerprint density at radius 2 is 1.70 bits per heavy atom. The van der Waals surface area contributed by atoms with Crippen LogP contribution in [0.2, 0.25) is 10.0 Å². The molecular weight excluding hydrogens is 404 g/mol. The number of primary amides is 1. The van der Waals surface area contributed by atoms with E-state index >= 15 is 0 Å². The minimum atomic E-state index is -4.62. The number of amides is 2. The highest BCUT2D eigenvalue weighted by atomic mass is 35.5. The van der Waals surface area contributed by atoms with Gasteiger partial charge in [-0.15, -0.1) is 0 Å². The average Bonchev–Trinajstić information content (AvgIpc) is 3.03. The van der Waals surface area contributed by atoms with Gasteiger partial charge in [0.1, 0.15) is 0 Å². The van der Waals surface area contributed by atoms with Crippen molar-refractivity contribution in [2.45, 2.75) is 6.18 Å². The molecule has 0 aliphatic heterocycles. The number of nitrogens with zero attached hydrogens (tertiary/aromatic N) is 2. The number of alkyl halides is 3. The van der Waals surface area contributed by atoms with Crippen molar-refractivity contribution in [3.63, 3.8) is 0 Å². The summed E-state index contributed by atoms with van der Waals surface area (Å²) < 4.78 is 40.7. The maximum Gasteiger partial charge on any atom is 0.435 e. The minimum absolute atomic E-state index is 0.177. The first-order valence-corrected chi connectivity index (χ1v) is 8.20. The van der Waals surface area contributed by atoms with Crippen LogP contribution in [0.1, 0.15) is 5.69 Å². The number of urea groups is 1.